The van der Waals surface area contributed by atoms with Crippen LogP contribution in [0.1, 0.15) is 20.3 Å². The molecule has 0 aromatic heterocycles. The number of likely N-dealkylation sites (N-methyl/N-ethyl adjacent to an activating group) is 1. The zero-order chi connectivity index (χ0) is 18.2. The molecule has 0 aromatic rings. The van der Waals surface area contributed by atoms with Gasteiger partial charge in [-0.3, -0.25) is 9.69 Å². The third-order valence-corrected chi connectivity index (χ3v) is 4.74. The summed E-state index contributed by atoms with van der Waals surface area (Å²) in [4.78, 5) is 22.9. The summed E-state index contributed by atoms with van der Waals surface area (Å²) in [6.07, 6.45) is 1.18. The van der Waals surface area contributed by atoms with E-state index in [0.717, 1.165) is 58.4 Å². The van der Waals surface area contributed by atoms with Crippen LogP contribution in [0.3, 0.4) is 0 Å². The van der Waals surface area contributed by atoms with Gasteiger partial charge in [0.15, 0.2) is 5.96 Å². The van der Waals surface area contributed by atoms with Crippen LogP contribution < -0.4 is 5.32 Å². The molecular weight excluding hydrogens is 445 g/mol. The highest BCUT2D eigenvalue weighted by molar-refractivity contribution is 14.0. The minimum Gasteiger partial charge on any atom is -0.379 e. The predicted molar refractivity (Wildman–Crippen MR) is 116 cm³/mol. The van der Waals surface area contributed by atoms with Gasteiger partial charge in [-0.05, 0) is 18.3 Å². The Kier molecular flexibility index (Phi) is 10.8. The lowest BCUT2D eigenvalue weighted by atomic mass is 10.1. The standard InChI is InChI=1S/C18H35N5O2.HI/c1-15(2)11-19-18(20-12-17(24)21(3)4)23-6-5-16(14-23)13-22-7-9-25-10-8-22;/h15-16H,5-14H2,1-4H3,(H,19,20);1H. The van der Waals surface area contributed by atoms with Gasteiger partial charge in [0.25, 0.3) is 0 Å². The van der Waals surface area contributed by atoms with E-state index in [2.05, 4.69) is 34.0 Å². The number of guanidine groups is 1. The summed E-state index contributed by atoms with van der Waals surface area (Å²) in [5.74, 6) is 2.12. The van der Waals surface area contributed by atoms with E-state index in [4.69, 9.17) is 4.74 Å². The second-order valence-corrected chi connectivity index (χ2v) is 7.72. The first-order valence-corrected chi connectivity index (χ1v) is 9.49. The summed E-state index contributed by atoms with van der Waals surface area (Å²) >= 11 is 0. The van der Waals surface area contributed by atoms with Crippen LogP contribution in [0.5, 0.6) is 0 Å². The van der Waals surface area contributed by atoms with Crippen LogP contribution in [-0.4, -0.2) is 99.7 Å². The largest absolute Gasteiger partial charge is 0.379 e. The summed E-state index contributed by atoms with van der Waals surface area (Å²) in [7, 11) is 3.54. The van der Waals surface area contributed by atoms with Gasteiger partial charge in [-0.1, -0.05) is 13.8 Å². The average molecular weight is 481 g/mol. The first kappa shape index (κ1) is 23.4. The van der Waals surface area contributed by atoms with Gasteiger partial charge in [-0.15, -0.1) is 24.0 Å². The molecule has 2 aliphatic heterocycles. The van der Waals surface area contributed by atoms with Crippen LogP contribution in [0, 0.1) is 11.8 Å². The van der Waals surface area contributed by atoms with E-state index in [-0.39, 0.29) is 36.4 Å². The third-order valence-electron chi connectivity index (χ3n) is 4.74. The molecule has 0 aromatic carbocycles. The number of amides is 1. The lowest BCUT2D eigenvalue weighted by Gasteiger charge is -2.29. The first-order valence-electron chi connectivity index (χ1n) is 9.49. The van der Waals surface area contributed by atoms with E-state index in [9.17, 15) is 4.79 Å². The number of rotatable bonds is 6. The summed E-state index contributed by atoms with van der Waals surface area (Å²) < 4.78 is 5.43. The molecule has 2 heterocycles. The number of morpholine rings is 1. The molecule has 7 nitrogen and oxygen atoms in total. The van der Waals surface area contributed by atoms with E-state index in [1.807, 2.05) is 0 Å². The van der Waals surface area contributed by atoms with Crippen molar-refractivity contribution < 1.29 is 9.53 Å². The third kappa shape index (κ3) is 7.96. The summed E-state index contributed by atoms with van der Waals surface area (Å²) in [6, 6.07) is 0. The lowest BCUT2D eigenvalue weighted by Crippen LogP contribution is -2.43. The Bertz CT molecular complexity index is 453. The zero-order valence-corrected chi connectivity index (χ0v) is 19.1. The first-order chi connectivity index (χ1) is 12.0. The molecule has 26 heavy (non-hydrogen) atoms. The monoisotopic (exact) mass is 481 g/mol. The highest BCUT2D eigenvalue weighted by Gasteiger charge is 2.27. The molecular formula is C18H36IN5O2. The summed E-state index contributed by atoms with van der Waals surface area (Å²) in [5.41, 5.74) is 0. The minimum absolute atomic E-state index is 0. The van der Waals surface area contributed by atoms with Crippen molar-refractivity contribution in [3.05, 3.63) is 0 Å². The summed E-state index contributed by atoms with van der Waals surface area (Å²) in [5, 5.41) is 3.45. The number of aliphatic imine (C=N–C) groups is 1. The average Bonchev–Trinajstić information content (AvgIpc) is 3.03. The van der Waals surface area contributed by atoms with Crippen LogP contribution in [0.25, 0.3) is 0 Å². The van der Waals surface area contributed by atoms with Crippen LogP contribution in [0.15, 0.2) is 4.99 Å². The Morgan fingerprint density at radius 3 is 2.58 bits per heavy atom. The van der Waals surface area contributed by atoms with Crippen LogP contribution in [-0.2, 0) is 9.53 Å². The number of nitrogens with one attached hydrogen (secondary N) is 1. The van der Waals surface area contributed by atoms with Crippen molar-refractivity contribution in [2.45, 2.75) is 20.3 Å². The molecule has 2 aliphatic rings. The van der Waals surface area contributed by atoms with Gasteiger partial charge < -0.3 is 19.9 Å². The van der Waals surface area contributed by atoms with Crippen molar-refractivity contribution >= 4 is 35.8 Å². The number of ether oxygens (including phenoxy) is 1. The fourth-order valence-corrected chi connectivity index (χ4v) is 3.17. The van der Waals surface area contributed by atoms with Gasteiger partial charge in [-0.2, -0.15) is 0 Å². The molecule has 152 valence electrons. The lowest BCUT2D eigenvalue weighted by molar-refractivity contribution is -0.127. The molecule has 0 saturated carbocycles. The normalized spacial score (nSPS) is 21.7. The Labute approximate surface area is 175 Å². The molecule has 0 aliphatic carbocycles. The van der Waals surface area contributed by atoms with Crippen molar-refractivity contribution in [3.63, 3.8) is 0 Å². The number of hydrogen-bond acceptors (Lipinski definition) is 4. The maximum absolute atomic E-state index is 11.9. The van der Waals surface area contributed by atoms with Crippen molar-refractivity contribution in [2.75, 3.05) is 73.1 Å². The quantitative estimate of drug-likeness (QED) is 0.348. The fourth-order valence-electron chi connectivity index (χ4n) is 3.17. The number of nitrogens with zero attached hydrogens (tertiary/aromatic N) is 4. The number of carbonyl (C=O) groups is 1. The Hall–Kier alpha value is -0.610. The number of halogens is 1. The maximum atomic E-state index is 11.9. The predicted octanol–water partition coefficient (Wildman–Crippen LogP) is 0.948. The molecule has 2 rings (SSSR count). The van der Waals surface area contributed by atoms with Gasteiger partial charge in [0.1, 0.15) is 6.54 Å². The SMILES string of the molecule is CC(C)CNC(=NCC(=O)N(C)C)N1CCC(CN2CCOCC2)C1.I. The zero-order valence-electron chi connectivity index (χ0n) is 16.7. The van der Waals surface area contributed by atoms with Gasteiger partial charge in [0, 0.05) is 53.4 Å². The van der Waals surface area contributed by atoms with E-state index in [0.29, 0.717) is 11.8 Å². The molecule has 2 saturated heterocycles. The van der Waals surface area contributed by atoms with Crippen molar-refractivity contribution in [1.82, 2.24) is 20.0 Å². The van der Waals surface area contributed by atoms with Gasteiger partial charge >= 0.3 is 0 Å². The smallest absolute Gasteiger partial charge is 0.243 e. The Morgan fingerprint density at radius 1 is 1.27 bits per heavy atom. The molecule has 0 radical (unpaired) electrons. The molecule has 8 heteroatoms. The van der Waals surface area contributed by atoms with E-state index in [1.165, 1.54) is 6.42 Å². The molecule has 0 bridgehead atoms. The van der Waals surface area contributed by atoms with Crippen LogP contribution in [0.2, 0.25) is 0 Å². The Morgan fingerprint density at radius 2 is 1.96 bits per heavy atom. The highest BCUT2D eigenvalue weighted by Crippen LogP contribution is 2.18. The second-order valence-electron chi connectivity index (χ2n) is 7.72. The second kappa shape index (κ2) is 12.0. The van der Waals surface area contributed by atoms with E-state index < -0.39 is 0 Å². The molecule has 1 N–H and O–H groups in total. The number of carbonyl (C=O) groups excluding carboxylic acids is 1. The highest BCUT2D eigenvalue weighted by atomic mass is 127. The topological polar surface area (TPSA) is 60.4 Å². The summed E-state index contributed by atoms with van der Waals surface area (Å²) in [6.45, 7) is 12.4. The molecule has 1 unspecified atom stereocenters. The molecule has 2 fully saturated rings. The van der Waals surface area contributed by atoms with Gasteiger partial charge in [-0.25, -0.2) is 4.99 Å². The van der Waals surface area contributed by atoms with Gasteiger partial charge in [0.2, 0.25) is 5.91 Å². The van der Waals surface area contributed by atoms with E-state index >= 15 is 0 Å². The van der Waals surface area contributed by atoms with Crippen molar-refractivity contribution in [3.8, 4) is 0 Å². The molecule has 1 amide bonds. The van der Waals surface area contributed by atoms with Gasteiger partial charge in [0.05, 0.1) is 13.2 Å². The maximum Gasteiger partial charge on any atom is 0.243 e. The van der Waals surface area contributed by atoms with Crippen molar-refractivity contribution in [2.24, 2.45) is 16.8 Å². The number of hydrogen-bond donors (Lipinski definition) is 1. The molecule has 0 spiro atoms. The van der Waals surface area contributed by atoms with Crippen LogP contribution >= 0.6 is 24.0 Å². The number of likely N-dealkylation sites (tertiary alicyclic amines) is 1. The van der Waals surface area contributed by atoms with E-state index in [1.54, 1.807) is 19.0 Å². The molecule has 1 atom stereocenters. The van der Waals surface area contributed by atoms with Crippen molar-refractivity contribution in [1.29, 1.82) is 0 Å². The van der Waals surface area contributed by atoms with Crippen LogP contribution in [0.4, 0.5) is 0 Å². The fraction of sp³-hybridized carbons (Fsp3) is 0.889. The Balaban J connectivity index is 0.00000338. The minimum atomic E-state index is 0.